The minimum Gasteiger partial charge on any atom is -0.480 e. The van der Waals surface area contributed by atoms with Gasteiger partial charge >= 0.3 is 5.97 Å². The Bertz CT molecular complexity index is 1270. The van der Waals surface area contributed by atoms with E-state index in [4.69, 9.17) is 5.73 Å². The van der Waals surface area contributed by atoms with Gasteiger partial charge in [-0.15, -0.1) is 0 Å². The zero-order chi connectivity index (χ0) is 24.0. The van der Waals surface area contributed by atoms with Crippen LogP contribution in [0.15, 0.2) is 42.7 Å². The molecule has 8 nitrogen and oxygen atoms in total. The summed E-state index contributed by atoms with van der Waals surface area (Å²) in [6, 6.07) is 6.88. The van der Waals surface area contributed by atoms with Crippen molar-refractivity contribution in [2.24, 2.45) is 5.73 Å². The molecule has 34 heavy (non-hydrogen) atoms. The molecular weight excluding hydrogens is 444 g/mol. The summed E-state index contributed by atoms with van der Waals surface area (Å²) in [6.45, 7) is 1.16. The average Bonchev–Trinajstić information content (AvgIpc) is 3.47. The highest BCUT2D eigenvalue weighted by Crippen LogP contribution is 2.38. The third-order valence-corrected chi connectivity index (χ3v) is 7.01. The molecule has 3 N–H and O–H groups in total. The molecule has 0 unspecified atom stereocenters. The van der Waals surface area contributed by atoms with Crippen LogP contribution in [-0.2, 0) is 4.79 Å². The normalized spacial score (nSPS) is 20.1. The first-order chi connectivity index (χ1) is 16.3. The Morgan fingerprint density at radius 2 is 1.88 bits per heavy atom. The van der Waals surface area contributed by atoms with Crippen LogP contribution in [0, 0.1) is 11.6 Å². The van der Waals surface area contributed by atoms with Crippen LogP contribution in [0.1, 0.15) is 47.6 Å². The Morgan fingerprint density at radius 3 is 2.62 bits per heavy atom. The number of nitrogens with zero attached hydrogens (tertiary/aromatic N) is 4. The van der Waals surface area contributed by atoms with Crippen LogP contribution in [0.3, 0.4) is 0 Å². The van der Waals surface area contributed by atoms with Gasteiger partial charge in [0.05, 0.1) is 23.3 Å². The number of pyridine rings is 1. The zero-order valence-corrected chi connectivity index (χ0v) is 18.5. The summed E-state index contributed by atoms with van der Waals surface area (Å²) < 4.78 is 29.9. The lowest BCUT2D eigenvalue weighted by Crippen LogP contribution is -2.56. The van der Waals surface area contributed by atoms with Gasteiger partial charge in [0.15, 0.2) is 0 Å². The molecule has 2 aliphatic heterocycles. The lowest BCUT2D eigenvalue weighted by atomic mass is 9.88. The number of benzene rings is 1. The van der Waals surface area contributed by atoms with E-state index in [-0.39, 0.29) is 37.9 Å². The third-order valence-electron chi connectivity index (χ3n) is 7.01. The first kappa shape index (κ1) is 22.3. The third kappa shape index (κ3) is 3.77. The summed E-state index contributed by atoms with van der Waals surface area (Å²) in [7, 11) is 0. The van der Waals surface area contributed by atoms with E-state index in [9.17, 15) is 23.5 Å². The molecule has 2 aliphatic rings. The second kappa shape index (κ2) is 8.35. The van der Waals surface area contributed by atoms with Gasteiger partial charge < -0.3 is 20.6 Å². The molecule has 4 heterocycles. The van der Waals surface area contributed by atoms with Crippen molar-refractivity contribution in [2.45, 2.75) is 37.3 Å². The number of carboxylic acid groups (broad SMARTS) is 1. The molecular formula is C24H25F2N5O3. The molecule has 0 bridgehead atoms. The largest absolute Gasteiger partial charge is 0.480 e. The molecule has 0 aliphatic carbocycles. The summed E-state index contributed by atoms with van der Waals surface area (Å²) in [5.74, 6) is -2.22. The number of carbonyl (C=O) groups excluding carboxylic acids is 1. The lowest BCUT2D eigenvalue weighted by molar-refractivity contribution is -0.145. The SMILES string of the molecule is NC1(C(=O)O)CCN(C(=O)c2cnn3ccc(N4CCC[C@@H]4c4cc(F)ccc4F)cc23)CC1. The predicted molar refractivity (Wildman–Crippen MR) is 121 cm³/mol. The molecule has 0 spiro atoms. The Labute approximate surface area is 194 Å². The highest BCUT2D eigenvalue weighted by atomic mass is 19.1. The van der Waals surface area contributed by atoms with E-state index in [0.717, 1.165) is 24.2 Å². The molecule has 1 aromatic carbocycles. The standard InChI is InChI=1S/C24H25F2N5O3/c25-15-3-4-19(26)17(12-15)20-2-1-8-30(20)16-5-9-31-21(13-16)18(14-28-31)22(32)29-10-6-24(27,7-11-29)23(33)34/h3-5,9,12-14,20H,1-2,6-8,10-11,27H2,(H,33,34)/t20-/m1/s1. The monoisotopic (exact) mass is 469 g/mol. The van der Waals surface area contributed by atoms with Gasteiger partial charge in [-0.05, 0) is 56.0 Å². The summed E-state index contributed by atoms with van der Waals surface area (Å²) >= 11 is 0. The molecule has 2 aromatic heterocycles. The molecule has 3 aromatic rings. The van der Waals surface area contributed by atoms with Crippen LogP contribution in [0.4, 0.5) is 14.5 Å². The van der Waals surface area contributed by atoms with Gasteiger partial charge in [-0.1, -0.05) is 0 Å². The topological polar surface area (TPSA) is 104 Å². The smallest absolute Gasteiger partial charge is 0.323 e. The highest BCUT2D eigenvalue weighted by molar-refractivity contribution is 6.01. The van der Waals surface area contributed by atoms with Crippen molar-refractivity contribution >= 4 is 23.1 Å². The van der Waals surface area contributed by atoms with Crippen molar-refractivity contribution < 1.29 is 23.5 Å². The quantitative estimate of drug-likeness (QED) is 0.609. The number of hydrogen-bond donors (Lipinski definition) is 2. The Morgan fingerprint density at radius 1 is 1.12 bits per heavy atom. The molecule has 10 heteroatoms. The van der Waals surface area contributed by atoms with Gasteiger partial charge in [-0.2, -0.15) is 5.10 Å². The number of nitrogens with two attached hydrogens (primary N) is 1. The number of hydrogen-bond acceptors (Lipinski definition) is 5. The molecule has 5 rings (SSSR count). The van der Waals surface area contributed by atoms with E-state index in [1.807, 2.05) is 17.0 Å². The number of rotatable bonds is 4. The van der Waals surface area contributed by atoms with Gasteiger partial charge in [0.25, 0.3) is 5.91 Å². The summed E-state index contributed by atoms with van der Waals surface area (Å²) in [5, 5.41) is 13.6. The number of carboxylic acids is 1. The fourth-order valence-corrected chi connectivity index (χ4v) is 4.98. The van der Waals surface area contributed by atoms with E-state index in [0.29, 0.717) is 29.6 Å². The summed E-state index contributed by atoms with van der Waals surface area (Å²) in [5.41, 5.74) is 6.72. The van der Waals surface area contributed by atoms with Crippen molar-refractivity contribution in [1.82, 2.24) is 14.5 Å². The Balaban J connectivity index is 1.43. The molecule has 2 saturated heterocycles. The number of likely N-dealkylation sites (tertiary alicyclic amines) is 1. The number of halogens is 2. The van der Waals surface area contributed by atoms with Gasteiger partial charge in [0.2, 0.25) is 0 Å². The zero-order valence-electron chi connectivity index (χ0n) is 18.5. The predicted octanol–water partition coefficient (Wildman–Crippen LogP) is 2.97. The number of amides is 1. The number of piperidine rings is 1. The van der Waals surface area contributed by atoms with Crippen LogP contribution in [0.2, 0.25) is 0 Å². The van der Waals surface area contributed by atoms with Gasteiger partial charge in [0, 0.05) is 37.1 Å². The molecule has 2 fully saturated rings. The van der Waals surface area contributed by atoms with Crippen LogP contribution < -0.4 is 10.6 Å². The van der Waals surface area contributed by atoms with Crippen LogP contribution in [0.5, 0.6) is 0 Å². The maximum absolute atomic E-state index is 14.5. The Kier molecular flexibility index (Phi) is 5.47. The van der Waals surface area contributed by atoms with Crippen LogP contribution in [0.25, 0.3) is 5.52 Å². The maximum Gasteiger partial charge on any atom is 0.323 e. The minimum atomic E-state index is -1.32. The molecule has 178 valence electrons. The maximum atomic E-state index is 14.5. The molecule has 0 saturated carbocycles. The summed E-state index contributed by atoms with van der Waals surface area (Å²) in [6.07, 6.45) is 5.10. The van der Waals surface area contributed by atoms with Gasteiger partial charge in [-0.25, -0.2) is 13.3 Å². The van der Waals surface area contributed by atoms with Crippen molar-refractivity contribution in [3.05, 3.63) is 65.5 Å². The average molecular weight is 469 g/mol. The van der Waals surface area contributed by atoms with Crippen LogP contribution in [-0.4, -0.2) is 56.7 Å². The first-order valence-corrected chi connectivity index (χ1v) is 11.3. The number of fused-ring (bicyclic) bond motifs is 1. The van der Waals surface area contributed by atoms with Crippen molar-refractivity contribution in [3.8, 4) is 0 Å². The molecule has 0 radical (unpaired) electrons. The Hall–Kier alpha value is -3.53. The molecule has 1 amide bonds. The number of aliphatic carboxylic acids is 1. The second-order valence-electron chi connectivity index (χ2n) is 9.04. The van der Waals surface area contributed by atoms with Gasteiger partial charge in [-0.3, -0.25) is 9.59 Å². The van der Waals surface area contributed by atoms with E-state index >= 15 is 0 Å². The van der Waals surface area contributed by atoms with Crippen molar-refractivity contribution in [3.63, 3.8) is 0 Å². The lowest BCUT2D eigenvalue weighted by Gasteiger charge is -2.36. The first-order valence-electron chi connectivity index (χ1n) is 11.3. The van der Waals surface area contributed by atoms with Gasteiger partial charge in [0.1, 0.15) is 17.2 Å². The van der Waals surface area contributed by atoms with E-state index < -0.39 is 23.1 Å². The fraction of sp³-hybridized carbons (Fsp3) is 0.375. The number of carbonyl (C=O) groups is 2. The number of aromatic nitrogens is 2. The second-order valence-corrected chi connectivity index (χ2v) is 9.04. The van der Waals surface area contributed by atoms with Crippen molar-refractivity contribution in [1.29, 1.82) is 0 Å². The van der Waals surface area contributed by atoms with Crippen molar-refractivity contribution in [2.75, 3.05) is 24.5 Å². The summed E-state index contributed by atoms with van der Waals surface area (Å²) in [4.78, 5) is 28.3. The minimum absolute atomic E-state index is 0.174. The van der Waals surface area contributed by atoms with E-state index in [1.165, 1.54) is 12.3 Å². The van der Waals surface area contributed by atoms with Crippen LogP contribution >= 0.6 is 0 Å². The number of anilines is 1. The van der Waals surface area contributed by atoms with E-state index in [2.05, 4.69) is 5.10 Å². The highest BCUT2D eigenvalue weighted by Gasteiger charge is 2.39. The fourth-order valence-electron chi connectivity index (χ4n) is 4.98. The van der Waals surface area contributed by atoms with E-state index in [1.54, 1.807) is 15.6 Å². The molecule has 1 atom stereocenters.